The third-order valence-electron chi connectivity index (χ3n) is 3.52. The summed E-state index contributed by atoms with van der Waals surface area (Å²) >= 11 is 0. The van der Waals surface area contributed by atoms with E-state index in [0.717, 1.165) is 11.1 Å². The smallest absolute Gasteiger partial charge is 0.331 e. The van der Waals surface area contributed by atoms with Crippen LogP contribution in [0.2, 0.25) is 0 Å². The molecule has 5 nitrogen and oxygen atoms in total. The van der Waals surface area contributed by atoms with Crippen LogP contribution in [0.1, 0.15) is 25.0 Å². The highest BCUT2D eigenvalue weighted by Crippen LogP contribution is 2.29. The fraction of sp³-hybridized carbons (Fsp3) is 0.286. The number of carbonyl (C=O) groups excluding carboxylic acids is 1. The van der Waals surface area contributed by atoms with Gasteiger partial charge in [0.05, 0.1) is 20.3 Å². The van der Waals surface area contributed by atoms with E-state index in [2.05, 4.69) is 0 Å². The molecule has 138 valence electrons. The van der Waals surface area contributed by atoms with Gasteiger partial charge in [-0.25, -0.2) is 4.79 Å². The second-order valence-electron chi connectivity index (χ2n) is 5.83. The number of hydrogen-bond acceptors (Lipinski definition) is 5. The number of rotatable bonds is 8. The molecular weight excluding hydrogens is 332 g/mol. The van der Waals surface area contributed by atoms with Crippen molar-refractivity contribution in [2.75, 3.05) is 14.2 Å². The minimum Gasteiger partial charge on any atom is -0.496 e. The Morgan fingerprint density at radius 3 is 2.42 bits per heavy atom. The number of ether oxygens (including phenoxy) is 4. The molecule has 26 heavy (non-hydrogen) atoms. The van der Waals surface area contributed by atoms with Crippen LogP contribution in [0.15, 0.2) is 48.5 Å². The molecule has 2 aromatic rings. The summed E-state index contributed by atoms with van der Waals surface area (Å²) in [5.74, 6) is 1.54. The third-order valence-corrected chi connectivity index (χ3v) is 3.52. The Morgan fingerprint density at radius 2 is 1.73 bits per heavy atom. The number of methoxy groups -OCH3 is 2. The van der Waals surface area contributed by atoms with Crippen LogP contribution in [0.5, 0.6) is 17.2 Å². The van der Waals surface area contributed by atoms with E-state index in [1.165, 1.54) is 6.08 Å². The minimum atomic E-state index is -0.433. The maximum absolute atomic E-state index is 12.0. The van der Waals surface area contributed by atoms with Gasteiger partial charge in [-0.1, -0.05) is 24.3 Å². The molecule has 0 bridgehead atoms. The summed E-state index contributed by atoms with van der Waals surface area (Å²) < 4.78 is 21.5. The highest BCUT2D eigenvalue weighted by molar-refractivity contribution is 5.87. The lowest BCUT2D eigenvalue weighted by Gasteiger charge is -2.13. The standard InChI is InChI=1S/C21H24O5/c1-15(2)26-19-11-9-16(13-20(19)24-4)10-12-21(22)25-14-17-7-5-6-8-18(17)23-3/h5-13,15H,14H2,1-4H3/b12-10+. The lowest BCUT2D eigenvalue weighted by molar-refractivity contribution is -0.138. The SMILES string of the molecule is COc1ccccc1COC(=O)/C=C/c1ccc(OC(C)C)c(OC)c1. The minimum absolute atomic E-state index is 0.0512. The maximum atomic E-state index is 12.0. The summed E-state index contributed by atoms with van der Waals surface area (Å²) in [6.45, 7) is 4.05. The van der Waals surface area contributed by atoms with E-state index in [1.54, 1.807) is 20.3 Å². The normalized spacial score (nSPS) is 10.8. The van der Waals surface area contributed by atoms with Gasteiger partial charge in [0.15, 0.2) is 11.5 Å². The number of esters is 1. The van der Waals surface area contributed by atoms with Gasteiger partial charge >= 0.3 is 5.97 Å². The molecule has 0 heterocycles. The van der Waals surface area contributed by atoms with Gasteiger partial charge in [-0.3, -0.25) is 0 Å². The van der Waals surface area contributed by atoms with Crippen molar-refractivity contribution in [2.45, 2.75) is 26.6 Å². The third kappa shape index (κ3) is 5.55. The van der Waals surface area contributed by atoms with Crippen LogP contribution in [0.25, 0.3) is 6.08 Å². The molecule has 0 N–H and O–H groups in total. The molecule has 0 atom stereocenters. The van der Waals surface area contributed by atoms with Crippen LogP contribution in [-0.2, 0) is 16.1 Å². The molecule has 0 aliphatic heterocycles. The number of carbonyl (C=O) groups is 1. The van der Waals surface area contributed by atoms with Crippen LogP contribution in [-0.4, -0.2) is 26.3 Å². The number of benzene rings is 2. The summed E-state index contributed by atoms with van der Waals surface area (Å²) in [6, 6.07) is 12.9. The van der Waals surface area contributed by atoms with Crippen molar-refractivity contribution in [2.24, 2.45) is 0 Å². The van der Waals surface area contributed by atoms with Crippen LogP contribution in [0, 0.1) is 0 Å². The predicted octanol–water partition coefficient (Wildman–Crippen LogP) is 4.25. The molecule has 0 unspecified atom stereocenters. The Morgan fingerprint density at radius 1 is 1.00 bits per heavy atom. The molecule has 0 fully saturated rings. The first-order valence-electron chi connectivity index (χ1n) is 8.35. The molecule has 0 amide bonds. The maximum Gasteiger partial charge on any atom is 0.331 e. The molecule has 0 radical (unpaired) electrons. The van der Waals surface area contributed by atoms with E-state index in [0.29, 0.717) is 17.2 Å². The first-order valence-corrected chi connectivity index (χ1v) is 8.35. The fourth-order valence-electron chi connectivity index (χ4n) is 2.32. The van der Waals surface area contributed by atoms with E-state index >= 15 is 0 Å². The van der Waals surface area contributed by atoms with Crippen molar-refractivity contribution in [1.82, 2.24) is 0 Å². The number of hydrogen-bond donors (Lipinski definition) is 0. The molecule has 0 aromatic heterocycles. The van der Waals surface area contributed by atoms with E-state index < -0.39 is 5.97 Å². The second-order valence-corrected chi connectivity index (χ2v) is 5.83. The quantitative estimate of drug-likeness (QED) is 0.523. The van der Waals surface area contributed by atoms with E-state index in [-0.39, 0.29) is 12.7 Å². The van der Waals surface area contributed by atoms with Crippen LogP contribution in [0.3, 0.4) is 0 Å². The number of para-hydroxylation sites is 1. The summed E-state index contributed by atoms with van der Waals surface area (Å²) in [5.41, 5.74) is 1.63. The summed E-state index contributed by atoms with van der Waals surface area (Å²) in [6.07, 6.45) is 3.11. The van der Waals surface area contributed by atoms with Crippen LogP contribution >= 0.6 is 0 Å². The zero-order valence-electron chi connectivity index (χ0n) is 15.5. The summed E-state index contributed by atoms with van der Waals surface area (Å²) in [7, 11) is 3.16. The highest BCUT2D eigenvalue weighted by Gasteiger charge is 2.07. The zero-order valence-corrected chi connectivity index (χ0v) is 15.5. The van der Waals surface area contributed by atoms with Crippen molar-refractivity contribution in [1.29, 1.82) is 0 Å². The van der Waals surface area contributed by atoms with Gasteiger partial charge in [0, 0.05) is 11.6 Å². The first kappa shape index (κ1) is 19.4. The Bertz CT molecular complexity index is 765. The second kappa shape index (κ2) is 9.51. The largest absolute Gasteiger partial charge is 0.496 e. The zero-order chi connectivity index (χ0) is 18.9. The topological polar surface area (TPSA) is 54.0 Å². The van der Waals surface area contributed by atoms with E-state index in [4.69, 9.17) is 18.9 Å². The molecule has 2 rings (SSSR count). The molecule has 5 heteroatoms. The Balaban J connectivity index is 1.99. The average Bonchev–Trinajstić information content (AvgIpc) is 2.65. The van der Waals surface area contributed by atoms with Gasteiger partial charge in [0.1, 0.15) is 12.4 Å². The van der Waals surface area contributed by atoms with Crippen LogP contribution in [0.4, 0.5) is 0 Å². The van der Waals surface area contributed by atoms with Gasteiger partial charge in [-0.2, -0.15) is 0 Å². The van der Waals surface area contributed by atoms with Gasteiger partial charge in [0.2, 0.25) is 0 Å². The molecule has 0 aliphatic carbocycles. The molecule has 0 spiro atoms. The Kier molecular flexibility index (Phi) is 7.09. The van der Waals surface area contributed by atoms with Crippen molar-refractivity contribution >= 4 is 12.0 Å². The molecule has 0 saturated heterocycles. The average molecular weight is 356 g/mol. The van der Waals surface area contributed by atoms with Crippen molar-refractivity contribution < 1.29 is 23.7 Å². The monoisotopic (exact) mass is 356 g/mol. The summed E-state index contributed by atoms with van der Waals surface area (Å²) in [5, 5.41) is 0. The van der Waals surface area contributed by atoms with Gasteiger partial charge in [-0.05, 0) is 43.7 Å². The van der Waals surface area contributed by atoms with Gasteiger partial charge in [0.25, 0.3) is 0 Å². The predicted molar refractivity (Wildman–Crippen MR) is 101 cm³/mol. The van der Waals surface area contributed by atoms with Gasteiger partial charge < -0.3 is 18.9 Å². The molecule has 0 aliphatic rings. The Hall–Kier alpha value is -2.95. The van der Waals surface area contributed by atoms with Crippen molar-refractivity contribution in [3.8, 4) is 17.2 Å². The molecule has 0 saturated carbocycles. The Labute approximate surface area is 154 Å². The summed E-state index contributed by atoms with van der Waals surface area (Å²) in [4.78, 5) is 12.0. The first-order chi connectivity index (χ1) is 12.5. The fourth-order valence-corrected chi connectivity index (χ4v) is 2.32. The van der Waals surface area contributed by atoms with E-state index in [9.17, 15) is 4.79 Å². The lowest BCUT2D eigenvalue weighted by atomic mass is 10.2. The van der Waals surface area contributed by atoms with E-state index in [1.807, 2.05) is 56.3 Å². The molecule has 2 aromatic carbocycles. The molecular formula is C21H24O5. The van der Waals surface area contributed by atoms with Gasteiger partial charge in [-0.15, -0.1) is 0 Å². The highest BCUT2D eigenvalue weighted by atomic mass is 16.5. The van der Waals surface area contributed by atoms with Crippen molar-refractivity contribution in [3.05, 3.63) is 59.7 Å². The van der Waals surface area contributed by atoms with Crippen LogP contribution < -0.4 is 14.2 Å². The van der Waals surface area contributed by atoms with Crippen molar-refractivity contribution in [3.63, 3.8) is 0 Å². The lowest BCUT2D eigenvalue weighted by Crippen LogP contribution is -2.06.